The summed E-state index contributed by atoms with van der Waals surface area (Å²) in [6.07, 6.45) is 0. The molecule has 2 aromatic carbocycles. The van der Waals surface area contributed by atoms with Crippen molar-refractivity contribution < 1.29 is 14.9 Å². The normalized spacial score (nSPS) is 13.7. The summed E-state index contributed by atoms with van der Waals surface area (Å²) < 4.78 is 5.12. The predicted molar refractivity (Wildman–Crippen MR) is 82.5 cm³/mol. The summed E-state index contributed by atoms with van der Waals surface area (Å²) in [5.74, 6) is 0.566. The maximum atomic E-state index is 9.64. The fourth-order valence-corrected chi connectivity index (χ4v) is 2.30. The van der Waals surface area contributed by atoms with Crippen molar-refractivity contribution >= 4 is 0 Å². The van der Waals surface area contributed by atoms with Gasteiger partial charge in [-0.3, -0.25) is 0 Å². The molecule has 4 nitrogen and oxygen atoms in total. The van der Waals surface area contributed by atoms with Crippen LogP contribution in [0.3, 0.4) is 0 Å². The molecule has 0 aliphatic carbocycles. The van der Waals surface area contributed by atoms with Gasteiger partial charge in [-0.25, -0.2) is 0 Å². The summed E-state index contributed by atoms with van der Waals surface area (Å²) >= 11 is 0. The summed E-state index contributed by atoms with van der Waals surface area (Å²) in [5, 5.41) is 22.6. The Morgan fingerprint density at radius 2 is 1.81 bits per heavy atom. The van der Waals surface area contributed by atoms with E-state index in [0.717, 1.165) is 11.1 Å². The molecule has 0 bridgehead atoms. The molecule has 0 saturated heterocycles. The third-order valence-electron chi connectivity index (χ3n) is 3.54. The number of rotatable bonds is 6. The van der Waals surface area contributed by atoms with E-state index in [-0.39, 0.29) is 24.4 Å². The minimum atomic E-state index is -0.138. The fourth-order valence-electron chi connectivity index (χ4n) is 2.30. The third kappa shape index (κ3) is 3.74. The topological polar surface area (TPSA) is 61.7 Å². The van der Waals surface area contributed by atoms with Crippen LogP contribution in [0.25, 0.3) is 0 Å². The van der Waals surface area contributed by atoms with E-state index in [1.807, 2.05) is 43.3 Å². The number of hydrogen-bond acceptors (Lipinski definition) is 4. The van der Waals surface area contributed by atoms with Crippen molar-refractivity contribution in [1.29, 1.82) is 0 Å². The smallest absolute Gasteiger partial charge is 0.160 e. The van der Waals surface area contributed by atoms with Crippen LogP contribution in [0.4, 0.5) is 0 Å². The number of aliphatic hydroxyl groups excluding tert-OH is 1. The number of hydrogen-bond donors (Lipinski definition) is 3. The lowest BCUT2D eigenvalue weighted by molar-refractivity contribution is 0.235. The first-order valence-corrected chi connectivity index (χ1v) is 6.94. The highest BCUT2D eigenvalue weighted by Gasteiger charge is 2.15. The molecule has 2 unspecified atom stereocenters. The Kier molecular flexibility index (Phi) is 5.20. The van der Waals surface area contributed by atoms with Crippen LogP contribution in [-0.2, 0) is 0 Å². The van der Waals surface area contributed by atoms with E-state index in [0.29, 0.717) is 5.75 Å². The van der Waals surface area contributed by atoms with Crippen molar-refractivity contribution in [2.75, 3.05) is 13.7 Å². The van der Waals surface area contributed by atoms with Crippen LogP contribution in [0.2, 0.25) is 0 Å². The van der Waals surface area contributed by atoms with E-state index in [4.69, 9.17) is 4.74 Å². The number of benzene rings is 2. The van der Waals surface area contributed by atoms with Crippen molar-refractivity contribution in [2.45, 2.75) is 19.0 Å². The number of nitrogens with one attached hydrogen (secondary N) is 1. The Hall–Kier alpha value is -2.04. The lowest BCUT2D eigenvalue weighted by Gasteiger charge is -2.23. The quantitative estimate of drug-likeness (QED) is 0.764. The molecule has 0 aliphatic heterocycles. The number of aromatic hydroxyl groups is 1. The molecular formula is C17H21NO3. The van der Waals surface area contributed by atoms with Crippen LogP contribution in [0, 0.1) is 0 Å². The first-order chi connectivity index (χ1) is 10.2. The van der Waals surface area contributed by atoms with E-state index in [1.54, 1.807) is 12.1 Å². The van der Waals surface area contributed by atoms with Crippen LogP contribution < -0.4 is 10.1 Å². The Morgan fingerprint density at radius 3 is 2.43 bits per heavy atom. The van der Waals surface area contributed by atoms with Gasteiger partial charge in [0.25, 0.3) is 0 Å². The Balaban J connectivity index is 2.14. The first-order valence-electron chi connectivity index (χ1n) is 6.94. The molecular weight excluding hydrogens is 266 g/mol. The monoisotopic (exact) mass is 287 g/mol. The Labute approximate surface area is 125 Å². The van der Waals surface area contributed by atoms with Gasteiger partial charge in [0.15, 0.2) is 11.5 Å². The summed E-state index contributed by atoms with van der Waals surface area (Å²) in [6.45, 7) is 2.03. The van der Waals surface area contributed by atoms with Crippen LogP contribution in [-0.4, -0.2) is 23.9 Å². The number of aliphatic hydroxyl groups is 1. The summed E-state index contributed by atoms with van der Waals surface area (Å²) in [5.41, 5.74) is 2.02. The molecule has 0 fully saturated rings. The summed E-state index contributed by atoms with van der Waals surface area (Å²) in [4.78, 5) is 0. The molecule has 2 aromatic rings. The number of phenolic OH excluding ortho intramolecular Hbond substituents is 1. The van der Waals surface area contributed by atoms with Gasteiger partial charge in [-0.05, 0) is 30.2 Å². The minimum Gasteiger partial charge on any atom is -0.504 e. The number of methoxy groups -OCH3 is 1. The molecule has 0 heterocycles. The van der Waals surface area contributed by atoms with Gasteiger partial charge >= 0.3 is 0 Å². The maximum Gasteiger partial charge on any atom is 0.160 e. The molecule has 2 atom stereocenters. The van der Waals surface area contributed by atoms with E-state index >= 15 is 0 Å². The van der Waals surface area contributed by atoms with Crippen molar-refractivity contribution in [3.63, 3.8) is 0 Å². The van der Waals surface area contributed by atoms with Gasteiger partial charge in [-0.2, -0.15) is 0 Å². The minimum absolute atomic E-state index is 0.0110. The lowest BCUT2D eigenvalue weighted by atomic mass is 10.0. The molecule has 0 saturated carbocycles. The summed E-state index contributed by atoms with van der Waals surface area (Å²) in [7, 11) is 1.53. The van der Waals surface area contributed by atoms with Gasteiger partial charge in [-0.15, -0.1) is 0 Å². The van der Waals surface area contributed by atoms with Crippen molar-refractivity contribution in [3.8, 4) is 11.5 Å². The van der Waals surface area contributed by atoms with Gasteiger partial charge in [0.05, 0.1) is 19.8 Å². The number of ether oxygens (including phenoxy) is 1. The zero-order chi connectivity index (χ0) is 15.2. The number of phenols is 1. The molecule has 4 heteroatoms. The Bertz CT molecular complexity index is 572. The van der Waals surface area contributed by atoms with Gasteiger partial charge in [0, 0.05) is 6.04 Å². The molecule has 3 N–H and O–H groups in total. The SMILES string of the molecule is COc1cc(C(C)NC(CO)c2ccccc2)ccc1O. The molecule has 0 aromatic heterocycles. The average Bonchev–Trinajstić information content (AvgIpc) is 2.53. The highest BCUT2D eigenvalue weighted by atomic mass is 16.5. The van der Waals surface area contributed by atoms with Gasteiger partial charge in [0.2, 0.25) is 0 Å². The second-order valence-electron chi connectivity index (χ2n) is 4.97. The zero-order valence-corrected chi connectivity index (χ0v) is 12.3. The first kappa shape index (κ1) is 15.4. The van der Waals surface area contributed by atoms with Gasteiger partial charge in [-0.1, -0.05) is 36.4 Å². The molecule has 0 spiro atoms. The van der Waals surface area contributed by atoms with Crippen LogP contribution in [0.15, 0.2) is 48.5 Å². The molecule has 0 aliphatic rings. The van der Waals surface area contributed by atoms with Gasteiger partial charge < -0.3 is 20.3 Å². The molecule has 0 radical (unpaired) electrons. The van der Waals surface area contributed by atoms with Crippen LogP contribution >= 0.6 is 0 Å². The van der Waals surface area contributed by atoms with Crippen LogP contribution in [0.1, 0.15) is 30.1 Å². The Morgan fingerprint density at radius 1 is 1.10 bits per heavy atom. The van der Waals surface area contributed by atoms with E-state index in [1.165, 1.54) is 7.11 Å². The van der Waals surface area contributed by atoms with Crippen LogP contribution in [0.5, 0.6) is 11.5 Å². The summed E-state index contributed by atoms with van der Waals surface area (Å²) in [6, 6.07) is 15.0. The second kappa shape index (κ2) is 7.11. The third-order valence-corrected chi connectivity index (χ3v) is 3.54. The largest absolute Gasteiger partial charge is 0.504 e. The predicted octanol–water partition coefficient (Wildman–Crippen LogP) is 2.79. The van der Waals surface area contributed by atoms with Crippen molar-refractivity contribution in [2.24, 2.45) is 0 Å². The average molecular weight is 287 g/mol. The van der Waals surface area contributed by atoms with E-state index in [2.05, 4.69) is 5.32 Å². The standard InChI is InChI=1S/C17H21NO3/c1-12(14-8-9-16(20)17(10-14)21-2)18-15(11-19)13-6-4-3-5-7-13/h3-10,12,15,18-20H,11H2,1-2H3. The fraction of sp³-hybridized carbons (Fsp3) is 0.294. The van der Waals surface area contributed by atoms with E-state index < -0.39 is 0 Å². The molecule has 21 heavy (non-hydrogen) atoms. The zero-order valence-electron chi connectivity index (χ0n) is 12.3. The van der Waals surface area contributed by atoms with Gasteiger partial charge in [0.1, 0.15) is 0 Å². The molecule has 112 valence electrons. The van der Waals surface area contributed by atoms with Crippen molar-refractivity contribution in [3.05, 3.63) is 59.7 Å². The van der Waals surface area contributed by atoms with Crippen molar-refractivity contribution in [1.82, 2.24) is 5.32 Å². The molecule has 0 amide bonds. The highest BCUT2D eigenvalue weighted by molar-refractivity contribution is 5.42. The maximum absolute atomic E-state index is 9.64. The highest BCUT2D eigenvalue weighted by Crippen LogP contribution is 2.29. The second-order valence-corrected chi connectivity index (χ2v) is 4.97. The van der Waals surface area contributed by atoms with E-state index in [9.17, 15) is 10.2 Å². The molecule has 2 rings (SSSR count). The lowest BCUT2D eigenvalue weighted by Crippen LogP contribution is -2.27.